The molecular weight excluding hydrogens is 410 g/mol. The smallest absolute Gasteiger partial charge is 0.271 e. The van der Waals surface area contributed by atoms with Crippen molar-refractivity contribution in [2.75, 3.05) is 6.54 Å². The molecule has 5 rings (SSSR count). The molecule has 0 unspecified atom stereocenters. The second kappa shape index (κ2) is 9.27. The van der Waals surface area contributed by atoms with Gasteiger partial charge in [0.15, 0.2) is 0 Å². The van der Waals surface area contributed by atoms with E-state index >= 15 is 0 Å². The van der Waals surface area contributed by atoms with Gasteiger partial charge in [-0.15, -0.1) is 0 Å². The van der Waals surface area contributed by atoms with Crippen molar-refractivity contribution in [3.63, 3.8) is 0 Å². The molecule has 0 saturated heterocycles. The minimum Gasteiger partial charge on any atom is -0.507 e. The second-order valence-corrected chi connectivity index (χ2v) is 8.34. The molecule has 1 aliphatic rings. The fourth-order valence-corrected chi connectivity index (χ4v) is 4.35. The summed E-state index contributed by atoms with van der Waals surface area (Å²) in [5.74, 6) is -0.166. The Morgan fingerprint density at radius 3 is 2.55 bits per heavy atom. The molecule has 0 bridgehead atoms. The van der Waals surface area contributed by atoms with Crippen molar-refractivity contribution in [1.29, 1.82) is 0 Å². The summed E-state index contributed by atoms with van der Waals surface area (Å²) in [6, 6.07) is 27.5. The van der Waals surface area contributed by atoms with Gasteiger partial charge in [-0.25, -0.2) is 5.43 Å². The molecule has 0 fully saturated rings. The van der Waals surface area contributed by atoms with Gasteiger partial charge in [-0.2, -0.15) is 5.10 Å². The van der Waals surface area contributed by atoms with E-state index in [4.69, 9.17) is 0 Å². The van der Waals surface area contributed by atoms with Crippen LogP contribution in [0.15, 0.2) is 90.0 Å². The van der Waals surface area contributed by atoms with Crippen LogP contribution in [0.1, 0.15) is 32.6 Å². The molecule has 4 aromatic rings. The highest BCUT2D eigenvalue weighted by Gasteiger charge is 2.16. The zero-order chi connectivity index (χ0) is 22.6. The van der Waals surface area contributed by atoms with Gasteiger partial charge >= 0.3 is 0 Å². The third-order valence-electron chi connectivity index (χ3n) is 6.14. The van der Waals surface area contributed by atoms with Gasteiger partial charge in [0.1, 0.15) is 5.75 Å². The van der Waals surface area contributed by atoms with Gasteiger partial charge in [0.05, 0.1) is 6.21 Å². The van der Waals surface area contributed by atoms with Gasteiger partial charge < -0.3 is 5.11 Å². The van der Waals surface area contributed by atoms with Crippen LogP contribution in [0, 0.1) is 0 Å². The maximum Gasteiger partial charge on any atom is 0.271 e. The largest absolute Gasteiger partial charge is 0.507 e. The molecule has 164 valence electrons. The molecular formula is C28H25N3O2. The highest BCUT2D eigenvalue weighted by Crippen LogP contribution is 2.25. The van der Waals surface area contributed by atoms with Gasteiger partial charge in [0.25, 0.3) is 5.91 Å². The molecule has 0 atom stereocenters. The van der Waals surface area contributed by atoms with Crippen molar-refractivity contribution < 1.29 is 9.90 Å². The van der Waals surface area contributed by atoms with Crippen LogP contribution < -0.4 is 5.43 Å². The van der Waals surface area contributed by atoms with E-state index in [0.29, 0.717) is 11.1 Å². The Morgan fingerprint density at radius 2 is 1.70 bits per heavy atom. The Kier molecular flexibility index (Phi) is 5.87. The Hall–Kier alpha value is -3.96. The Balaban J connectivity index is 1.21. The molecule has 5 nitrogen and oxygen atoms in total. The zero-order valence-electron chi connectivity index (χ0n) is 18.2. The summed E-state index contributed by atoms with van der Waals surface area (Å²) >= 11 is 0. The Bertz CT molecular complexity index is 1330. The van der Waals surface area contributed by atoms with Crippen molar-refractivity contribution in [2.24, 2.45) is 5.10 Å². The number of phenolic OH excluding ortho intramolecular Hbond substituents is 1. The monoisotopic (exact) mass is 435 g/mol. The van der Waals surface area contributed by atoms with Gasteiger partial charge in [0, 0.05) is 30.8 Å². The molecule has 4 aromatic carbocycles. The summed E-state index contributed by atoms with van der Waals surface area (Å²) in [6.07, 6.45) is 2.55. The maximum atomic E-state index is 12.5. The number of nitrogens with zero attached hydrogens (tertiary/aromatic N) is 2. The first-order chi connectivity index (χ1) is 16.2. The van der Waals surface area contributed by atoms with Crippen LogP contribution in [0.25, 0.3) is 10.8 Å². The number of aromatic hydroxyl groups is 1. The lowest BCUT2D eigenvalue weighted by Crippen LogP contribution is -2.30. The normalized spacial score (nSPS) is 13.8. The maximum absolute atomic E-state index is 12.5. The summed E-state index contributed by atoms with van der Waals surface area (Å²) in [5.41, 5.74) is 7.70. The van der Waals surface area contributed by atoms with Crippen LogP contribution in [0.3, 0.4) is 0 Å². The number of phenols is 1. The summed E-state index contributed by atoms with van der Waals surface area (Å²) in [4.78, 5) is 15.0. The van der Waals surface area contributed by atoms with Crippen LogP contribution >= 0.6 is 0 Å². The van der Waals surface area contributed by atoms with E-state index in [1.165, 1.54) is 22.9 Å². The van der Waals surface area contributed by atoms with Crippen LogP contribution in [0.4, 0.5) is 0 Å². The van der Waals surface area contributed by atoms with E-state index < -0.39 is 0 Å². The molecule has 0 saturated carbocycles. The van der Waals surface area contributed by atoms with Crippen molar-refractivity contribution >= 4 is 22.9 Å². The lowest BCUT2D eigenvalue weighted by molar-refractivity contribution is 0.0955. The summed E-state index contributed by atoms with van der Waals surface area (Å²) in [5, 5.41) is 16.1. The van der Waals surface area contributed by atoms with Crippen LogP contribution in [-0.4, -0.2) is 28.7 Å². The number of hydrogen-bond donors (Lipinski definition) is 2. The van der Waals surface area contributed by atoms with E-state index in [2.05, 4.69) is 39.7 Å². The van der Waals surface area contributed by atoms with Crippen molar-refractivity contribution in [1.82, 2.24) is 10.3 Å². The number of carbonyl (C=O) groups excluding carboxylic acids is 1. The van der Waals surface area contributed by atoms with Crippen molar-refractivity contribution in [2.45, 2.75) is 19.5 Å². The number of carbonyl (C=O) groups is 1. The van der Waals surface area contributed by atoms with Crippen LogP contribution in [0.2, 0.25) is 0 Å². The van der Waals surface area contributed by atoms with Crippen LogP contribution in [-0.2, 0) is 19.5 Å². The molecule has 1 amide bonds. The van der Waals surface area contributed by atoms with E-state index in [1.54, 1.807) is 6.07 Å². The molecule has 0 aromatic heterocycles. The average Bonchev–Trinajstić information content (AvgIpc) is 2.85. The second-order valence-electron chi connectivity index (χ2n) is 8.34. The zero-order valence-corrected chi connectivity index (χ0v) is 18.2. The summed E-state index contributed by atoms with van der Waals surface area (Å²) in [6.45, 7) is 2.85. The first kappa shape index (κ1) is 20.9. The highest BCUT2D eigenvalue weighted by atomic mass is 16.3. The van der Waals surface area contributed by atoms with Gasteiger partial charge in [0.2, 0.25) is 0 Å². The minimum absolute atomic E-state index is 0.122. The lowest BCUT2D eigenvalue weighted by atomic mass is 9.99. The van der Waals surface area contributed by atoms with Crippen molar-refractivity contribution in [3.05, 3.63) is 113 Å². The number of hydrogen-bond acceptors (Lipinski definition) is 4. The lowest BCUT2D eigenvalue weighted by Gasteiger charge is -2.28. The number of fused-ring (bicyclic) bond motifs is 2. The topological polar surface area (TPSA) is 64.9 Å². The van der Waals surface area contributed by atoms with E-state index in [0.717, 1.165) is 36.8 Å². The fraction of sp³-hybridized carbons (Fsp3) is 0.143. The minimum atomic E-state index is -0.288. The molecule has 1 heterocycles. The average molecular weight is 436 g/mol. The first-order valence-electron chi connectivity index (χ1n) is 11.1. The van der Waals surface area contributed by atoms with Gasteiger partial charge in [-0.05, 0) is 52.1 Å². The quantitative estimate of drug-likeness (QED) is 0.347. The van der Waals surface area contributed by atoms with E-state index in [1.807, 2.05) is 54.6 Å². The summed E-state index contributed by atoms with van der Waals surface area (Å²) < 4.78 is 0. The SMILES string of the molecule is O=C(N/N=C\c1c(O)ccc2ccccc12)c1ccc(CN2CCc3ccccc3C2)cc1. The Morgan fingerprint density at radius 1 is 0.939 bits per heavy atom. The Labute approximate surface area is 193 Å². The number of rotatable bonds is 5. The third-order valence-corrected chi connectivity index (χ3v) is 6.14. The standard InChI is InChI=1S/C28H25N3O2/c32-27-14-13-22-6-3-4-8-25(22)26(27)17-29-30-28(33)23-11-9-20(10-12-23)18-31-16-15-21-5-1-2-7-24(21)19-31/h1-14,17,32H,15-16,18-19H2,(H,30,33)/b29-17-. The third kappa shape index (κ3) is 4.64. The van der Waals surface area contributed by atoms with Gasteiger partial charge in [-0.1, -0.05) is 66.7 Å². The molecule has 5 heteroatoms. The summed E-state index contributed by atoms with van der Waals surface area (Å²) in [7, 11) is 0. The molecule has 1 aliphatic heterocycles. The molecule has 33 heavy (non-hydrogen) atoms. The molecule has 2 N–H and O–H groups in total. The predicted octanol–water partition coefficient (Wildman–Crippen LogP) is 4.87. The molecule has 0 aliphatic carbocycles. The predicted molar refractivity (Wildman–Crippen MR) is 131 cm³/mol. The number of hydrazone groups is 1. The van der Waals surface area contributed by atoms with Gasteiger partial charge in [-0.3, -0.25) is 9.69 Å². The number of amides is 1. The molecule has 0 radical (unpaired) electrons. The number of nitrogens with one attached hydrogen (secondary N) is 1. The fourth-order valence-electron chi connectivity index (χ4n) is 4.35. The molecule has 0 spiro atoms. The highest BCUT2D eigenvalue weighted by molar-refractivity contribution is 6.03. The first-order valence-corrected chi connectivity index (χ1v) is 11.1. The van der Waals surface area contributed by atoms with Crippen molar-refractivity contribution in [3.8, 4) is 5.75 Å². The van der Waals surface area contributed by atoms with E-state index in [9.17, 15) is 9.90 Å². The van der Waals surface area contributed by atoms with Crippen LogP contribution in [0.5, 0.6) is 5.75 Å². The van der Waals surface area contributed by atoms with E-state index in [-0.39, 0.29) is 11.7 Å². The number of benzene rings is 4.